The molecule has 0 aliphatic carbocycles. The Kier molecular flexibility index (Phi) is 4.57. The number of aryl methyl sites for hydroxylation is 1. The molecule has 1 fully saturated rings. The number of nitro benzene ring substituents is 1. The van der Waals surface area contributed by atoms with E-state index < -0.39 is 4.92 Å². The van der Waals surface area contributed by atoms with Crippen molar-refractivity contribution >= 4 is 11.6 Å². The van der Waals surface area contributed by atoms with Crippen molar-refractivity contribution in [2.45, 2.75) is 12.5 Å². The van der Waals surface area contributed by atoms with E-state index in [1.807, 2.05) is 22.7 Å². The van der Waals surface area contributed by atoms with Crippen LogP contribution in [0.15, 0.2) is 36.7 Å². The Morgan fingerprint density at radius 1 is 1.42 bits per heavy atom. The number of benzene rings is 1. The average Bonchev–Trinajstić information content (AvgIpc) is 3.01. The smallest absolute Gasteiger partial charge is 0.269 e. The molecule has 8 heteroatoms. The van der Waals surface area contributed by atoms with Crippen molar-refractivity contribution in [3.63, 3.8) is 0 Å². The number of piperazine rings is 1. The normalized spacial score (nSPS) is 17.7. The summed E-state index contributed by atoms with van der Waals surface area (Å²) in [7, 11) is 1.91. The zero-order valence-electron chi connectivity index (χ0n) is 13.4. The van der Waals surface area contributed by atoms with E-state index in [-0.39, 0.29) is 24.1 Å². The van der Waals surface area contributed by atoms with Crippen LogP contribution < -0.4 is 5.32 Å². The van der Waals surface area contributed by atoms with E-state index in [2.05, 4.69) is 10.3 Å². The number of aromatic nitrogens is 2. The Hall–Kier alpha value is -2.74. The first-order chi connectivity index (χ1) is 11.6. The highest BCUT2D eigenvalue weighted by molar-refractivity contribution is 5.79. The van der Waals surface area contributed by atoms with Crippen LogP contribution >= 0.6 is 0 Å². The number of hydrogen-bond acceptors (Lipinski definition) is 5. The van der Waals surface area contributed by atoms with Gasteiger partial charge in [-0.2, -0.15) is 0 Å². The Morgan fingerprint density at radius 2 is 2.17 bits per heavy atom. The maximum atomic E-state index is 12.7. The predicted molar refractivity (Wildman–Crippen MR) is 87.3 cm³/mol. The quantitative estimate of drug-likeness (QED) is 0.668. The van der Waals surface area contributed by atoms with Gasteiger partial charge in [0.15, 0.2) is 0 Å². The molecule has 1 saturated heterocycles. The second kappa shape index (κ2) is 6.79. The van der Waals surface area contributed by atoms with Gasteiger partial charge in [-0.3, -0.25) is 14.9 Å². The first-order valence-corrected chi connectivity index (χ1v) is 7.77. The van der Waals surface area contributed by atoms with Crippen LogP contribution in [0.5, 0.6) is 0 Å². The maximum absolute atomic E-state index is 12.7. The van der Waals surface area contributed by atoms with Crippen LogP contribution in [0.4, 0.5) is 5.69 Å². The molecule has 1 amide bonds. The van der Waals surface area contributed by atoms with Gasteiger partial charge in [0.05, 0.1) is 11.3 Å². The van der Waals surface area contributed by atoms with Gasteiger partial charge in [-0.15, -0.1) is 0 Å². The fraction of sp³-hybridized carbons (Fsp3) is 0.375. The summed E-state index contributed by atoms with van der Waals surface area (Å²) in [6.07, 6.45) is 3.81. The molecule has 1 aliphatic heterocycles. The van der Waals surface area contributed by atoms with Gasteiger partial charge in [-0.1, -0.05) is 12.1 Å². The van der Waals surface area contributed by atoms with Crippen molar-refractivity contribution in [3.8, 4) is 0 Å². The fourth-order valence-corrected chi connectivity index (χ4v) is 2.94. The van der Waals surface area contributed by atoms with Crippen molar-refractivity contribution < 1.29 is 9.72 Å². The van der Waals surface area contributed by atoms with E-state index in [0.717, 1.165) is 17.9 Å². The third-order valence-electron chi connectivity index (χ3n) is 4.22. The third-order valence-corrected chi connectivity index (χ3v) is 4.22. The Morgan fingerprint density at radius 3 is 2.79 bits per heavy atom. The zero-order valence-corrected chi connectivity index (χ0v) is 13.4. The summed E-state index contributed by atoms with van der Waals surface area (Å²) >= 11 is 0. The topological polar surface area (TPSA) is 93.3 Å². The minimum absolute atomic E-state index is 0.00152. The van der Waals surface area contributed by atoms with E-state index in [1.54, 1.807) is 18.3 Å². The summed E-state index contributed by atoms with van der Waals surface area (Å²) in [4.78, 5) is 29.2. The lowest BCUT2D eigenvalue weighted by atomic mass is 10.1. The number of carbonyl (C=O) groups is 1. The molecular formula is C16H19N5O3. The summed E-state index contributed by atoms with van der Waals surface area (Å²) in [5.74, 6) is 0.845. The summed E-state index contributed by atoms with van der Waals surface area (Å²) in [5.41, 5.74) is 0.794. The second-order valence-corrected chi connectivity index (χ2v) is 5.80. The van der Waals surface area contributed by atoms with Crippen molar-refractivity contribution in [3.05, 3.63) is 58.2 Å². The maximum Gasteiger partial charge on any atom is 0.269 e. The highest BCUT2D eigenvalue weighted by atomic mass is 16.6. The number of non-ortho nitro benzene ring substituents is 1. The summed E-state index contributed by atoms with van der Waals surface area (Å²) in [5, 5.41) is 14.0. The van der Waals surface area contributed by atoms with Crippen LogP contribution in [-0.4, -0.2) is 44.9 Å². The molecule has 0 saturated carbocycles. The van der Waals surface area contributed by atoms with Crippen molar-refractivity contribution in [2.24, 2.45) is 7.05 Å². The molecule has 1 unspecified atom stereocenters. The van der Waals surface area contributed by atoms with Gasteiger partial charge in [0.1, 0.15) is 11.9 Å². The number of hydrogen-bond donors (Lipinski definition) is 1. The Labute approximate surface area is 139 Å². The van der Waals surface area contributed by atoms with Crippen LogP contribution in [-0.2, 0) is 18.3 Å². The van der Waals surface area contributed by atoms with Crippen LogP contribution in [0.25, 0.3) is 0 Å². The minimum Gasteiger partial charge on any atom is -0.336 e. The molecule has 0 spiro atoms. The molecular weight excluding hydrogens is 310 g/mol. The van der Waals surface area contributed by atoms with Crippen LogP contribution in [0.2, 0.25) is 0 Å². The molecule has 1 atom stereocenters. The molecule has 2 aromatic rings. The number of nitrogens with zero attached hydrogens (tertiary/aromatic N) is 4. The molecule has 1 aromatic carbocycles. The lowest BCUT2D eigenvalue weighted by molar-refractivity contribution is -0.384. The van der Waals surface area contributed by atoms with E-state index in [1.165, 1.54) is 12.1 Å². The van der Waals surface area contributed by atoms with Gasteiger partial charge in [-0.05, 0) is 5.56 Å². The fourth-order valence-electron chi connectivity index (χ4n) is 2.94. The highest BCUT2D eigenvalue weighted by Crippen LogP contribution is 2.22. The molecule has 1 aliphatic rings. The number of nitrogens with one attached hydrogen (secondary N) is 1. The van der Waals surface area contributed by atoms with Gasteiger partial charge in [0.25, 0.3) is 5.69 Å². The SMILES string of the molecule is Cn1ccnc1C1CNCCN1C(=O)Cc1ccc([N+](=O)[O-])cc1. The van der Waals surface area contributed by atoms with Gasteiger partial charge in [0.2, 0.25) is 5.91 Å². The van der Waals surface area contributed by atoms with E-state index in [4.69, 9.17) is 0 Å². The molecule has 1 N–H and O–H groups in total. The average molecular weight is 329 g/mol. The first-order valence-electron chi connectivity index (χ1n) is 7.77. The Balaban J connectivity index is 1.74. The van der Waals surface area contributed by atoms with Crippen LogP contribution in [0.1, 0.15) is 17.4 Å². The minimum atomic E-state index is -0.445. The summed E-state index contributed by atoms with van der Waals surface area (Å²) < 4.78 is 1.92. The number of rotatable bonds is 4. The number of imidazole rings is 1. The largest absolute Gasteiger partial charge is 0.336 e. The molecule has 1 aromatic heterocycles. The molecule has 2 heterocycles. The molecule has 24 heavy (non-hydrogen) atoms. The first kappa shape index (κ1) is 16.1. The number of nitro groups is 1. The zero-order chi connectivity index (χ0) is 17.1. The molecule has 0 radical (unpaired) electrons. The van der Waals surface area contributed by atoms with Crippen molar-refractivity contribution in [1.29, 1.82) is 0 Å². The molecule has 0 bridgehead atoms. The van der Waals surface area contributed by atoms with Gasteiger partial charge < -0.3 is 14.8 Å². The number of amides is 1. The molecule has 126 valence electrons. The molecule has 3 rings (SSSR count). The third kappa shape index (κ3) is 3.28. The lowest BCUT2D eigenvalue weighted by Gasteiger charge is -2.35. The van der Waals surface area contributed by atoms with E-state index in [9.17, 15) is 14.9 Å². The summed E-state index contributed by atoms with van der Waals surface area (Å²) in [6, 6.07) is 6.01. The number of carbonyl (C=O) groups excluding carboxylic acids is 1. The van der Waals surface area contributed by atoms with Crippen molar-refractivity contribution in [1.82, 2.24) is 19.8 Å². The van der Waals surface area contributed by atoms with Crippen LogP contribution in [0, 0.1) is 10.1 Å². The van der Waals surface area contributed by atoms with Crippen LogP contribution in [0.3, 0.4) is 0 Å². The molecule has 8 nitrogen and oxygen atoms in total. The van der Waals surface area contributed by atoms with Gasteiger partial charge in [0, 0.05) is 51.2 Å². The lowest BCUT2D eigenvalue weighted by Crippen LogP contribution is -2.49. The summed E-state index contributed by atoms with van der Waals surface area (Å²) in [6.45, 7) is 2.02. The van der Waals surface area contributed by atoms with E-state index >= 15 is 0 Å². The standard InChI is InChI=1S/C16H19N5O3/c1-19-8-7-18-16(19)14-11-17-6-9-20(14)15(22)10-12-2-4-13(5-3-12)21(23)24/h2-5,7-8,14,17H,6,9-11H2,1H3. The van der Waals surface area contributed by atoms with Gasteiger partial charge in [-0.25, -0.2) is 4.98 Å². The van der Waals surface area contributed by atoms with Gasteiger partial charge >= 0.3 is 0 Å². The van der Waals surface area contributed by atoms with E-state index in [0.29, 0.717) is 13.1 Å². The van der Waals surface area contributed by atoms with Crippen molar-refractivity contribution in [2.75, 3.05) is 19.6 Å². The monoisotopic (exact) mass is 329 g/mol. The Bertz CT molecular complexity index is 740. The predicted octanol–water partition coefficient (Wildman–Crippen LogP) is 1.04. The highest BCUT2D eigenvalue weighted by Gasteiger charge is 2.30. The second-order valence-electron chi connectivity index (χ2n) is 5.80.